The van der Waals surface area contributed by atoms with Gasteiger partial charge in [0.25, 0.3) is 0 Å². The molecule has 0 aliphatic carbocycles. The Morgan fingerprint density at radius 1 is 1.32 bits per heavy atom. The van der Waals surface area contributed by atoms with Crippen molar-refractivity contribution in [1.29, 1.82) is 0 Å². The molecule has 0 aliphatic heterocycles. The van der Waals surface area contributed by atoms with Gasteiger partial charge < -0.3 is 13.9 Å². The van der Waals surface area contributed by atoms with Gasteiger partial charge in [-0.3, -0.25) is 0 Å². The third-order valence-corrected chi connectivity index (χ3v) is 2.50. The van der Waals surface area contributed by atoms with Gasteiger partial charge >= 0.3 is 11.9 Å². The first-order valence-corrected chi connectivity index (χ1v) is 5.49. The SMILES string of the molecule is COC(=O)[C@@H](C)OC(=O)c1cc2cc(F)ccc2o1. The number of halogens is 1. The Morgan fingerprint density at radius 3 is 2.74 bits per heavy atom. The number of rotatable bonds is 3. The molecular weight excluding hydrogens is 255 g/mol. The lowest BCUT2D eigenvalue weighted by Crippen LogP contribution is -2.25. The molecule has 0 amide bonds. The van der Waals surface area contributed by atoms with Gasteiger partial charge in [0.1, 0.15) is 11.4 Å². The van der Waals surface area contributed by atoms with Crippen LogP contribution >= 0.6 is 0 Å². The van der Waals surface area contributed by atoms with Gasteiger partial charge in [0.15, 0.2) is 6.10 Å². The highest BCUT2D eigenvalue weighted by Gasteiger charge is 2.21. The van der Waals surface area contributed by atoms with E-state index in [4.69, 9.17) is 9.15 Å². The van der Waals surface area contributed by atoms with Gasteiger partial charge in [0.2, 0.25) is 5.76 Å². The number of esters is 2. The van der Waals surface area contributed by atoms with Crippen LogP contribution in [0.15, 0.2) is 28.7 Å². The lowest BCUT2D eigenvalue weighted by molar-refractivity contribution is -0.149. The molecule has 2 aromatic rings. The van der Waals surface area contributed by atoms with Crippen LogP contribution in [0.3, 0.4) is 0 Å². The average Bonchev–Trinajstić information content (AvgIpc) is 2.80. The predicted molar refractivity (Wildman–Crippen MR) is 63.1 cm³/mol. The summed E-state index contributed by atoms with van der Waals surface area (Å²) in [7, 11) is 1.19. The minimum atomic E-state index is -1.04. The molecule has 0 bridgehead atoms. The quantitative estimate of drug-likeness (QED) is 0.797. The Labute approximate surface area is 107 Å². The van der Waals surface area contributed by atoms with Gasteiger partial charge in [-0.15, -0.1) is 0 Å². The van der Waals surface area contributed by atoms with Crippen molar-refractivity contribution in [1.82, 2.24) is 0 Å². The Hall–Kier alpha value is -2.37. The molecule has 1 aromatic heterocycles. The number of ether oxygens (including phenoxy) is 2. The maximum atomic E-state index is 13.0. The van der Waals surface area contributed by atoms with Gasteiger partial charge in [0.05, 0.1) is 7.11 Å². The normalized spacial score (nSPS) is 12.2. The molecule has 100 valence electrons. The molecule has 0 saturated heterocycles. The van der Waals surface area contributed by atoms with Gasteiger partial charge in [-0.25, -0.2) is 14.0 Å². The van der Waals surface area contributed by atoms with Crippen molar-refractivity contribution in [3.63, 3.8) is 0 Å². The molecular formula is C13H11FO5. The monoisotopic (exact) mass is 266 g/mol. The van der Waals surface area contributed by atoms with Crippen molar-refractivity contribution in [3.8, 4) is 0 Å². The molecule has 2 rings (SSSR count). The summed E-state index contributed by atoms with van der Waals surface area (Å²) in [6, 6.07) is 5.22. The Bertz CT molecular complexity index is 631. The van der Waals surface area contributed by atoms with Crippen molar-refractivity contribution < 1.29 is 27.9 Å². The molecule has 0 fully saturated rings. The average molecular weight is 266 g/mol. The zero-order chi connectivity index (χ0) is 14.0. The fourth-order valence-electron chi connectivity index (χ4n) is 1.55. The summed E-state index contributed by atoms with van der Waals surface area (Å²) in [5.74, 6) is -2.02. The molecule has 5 nitrogen and oxygen atoms in total. The van der Waals surface area contributed by atoms with Crippen LogP contribution in [0, 0.1) is 5.82 Å². The first-order chi connectivity index (χ1) is 9.01. The maximum Gasteiger partial charge on any atom is 0.375 e. The van der Waals surface area contributed by atoms with E-state index >= 15 is 0 Å². The van der Waals surface area contributed by atoms with Gasteiger partial charge in [-0.1, -0.05) is 0 Å². The minimum absolute atomic E-state index is 0.101. The summed E-state index contributed by atoms with van der Waals surface area (Å²) in [5.41, 5.74) is 0.360. The van der Waals surface area contributed by atoms with Crippen LogP contribution in [-0.2, 0) is 14.3 Å². The van der Waals surface area contributed by atoms with Crippen LogP contribution < -0.4 is 0 Å². The van der Waals surface area contributed by atoms with Gasteiger partial charge in [0, 0.05) is 5.39 Å². The number of methoxy groups -OCH3 is 1. The zero-order valence-electron chi connectivity index (χ0n) is 10.3. The highest BCUT2D eigenvalue weighted by molar-refractivity contribution is 5.93. The van der Waals surface area contributed by atoms with Crippen molar-refractivity contribution in [2.24, 2.45) is 0 Å². The molecule has 0 saturated carbocycles. The zero-order valence-corrected chi connectivity index (χ0v) is 10.3. The molecule has 1 heterocycles. The van der Waals surface area contributed by atoms with Crippen LogP contribution in [0.2, 0.25) is 0 Å². The van der Waals surface area contributed by atoms with E-state index < -0.39 is 23.9 Å². The summed E-state index contributed by atoms with van der Waals surface area (Å²) >= 11 is 0. The summed E-state index contributed by atoms with van der Waals surface area (Å²) < 4.78 is 27.5. The molecule has 1 aromatic carbocycles. The number of benzene rings is 1. The van der Waals surface area contributed by atoms with E-state index in [-0.39, 0.29) is 5.76 Å². The van der Waals surface area contributed by atoms with Crippen LogP contribution in [0.5, 0.6) is 0 Å². The number of hydrogen-bond donors (Lipinski definition) is 0. The standard InChI is InChI=1S/C13H11FO5/c1-7(12(15)17-2)18-13(16)11-6-8-5-9(14)3-4-10(8)19-11/h3-7H,1-2H3/t7-/m1/s1. The fraction of sp³-hybridized carbons (Fsp3) is 0.231. The Balaban J connectivity index is 2.20. The third-order valence-electron chi connectivity index (χ3n) is 2.50. The number of fused-ring (bicyclic) bond motifs is 1. The van der Waals surface area contributed by atoms with Crippen molar-refractivity contribution >= 4 is 22.9 Å². The smallest absolute Gasteiger partial charge is 0.375 e. The highest BCUT2D eigenvalue weighted by Crippen LogP contribution is 2.21. The highest BCUT2D eigenvalue weighted by atomic mass is 19.1. The second-order valence-electron chi connectivity index (χ2n) is 3.86. The fourth-order valence-corrected chi connectivity index (χ4v) is 1.55. The van der Waals surface area contributed by atoms with Crippen LogP contribution in [-0.4, -0.2) is 25.2 Å². The van der Waals surface area contributed by atoms with Crippen LogP contribution in [0.25, 0.3) is 11.0 Å². The second-order valence-corrected chi connectivity index (χ2v) is 3.86. The molecule has 0 aliphatic rings. The molecule has 6 heteroatoms. The lowest BCUT2D eigenvalue weighted by atomic mass is 10.2. The number of carbonyl (C=O) groups is 2. The Kier molecular flexibility index (Phi) is 3.50. The topological polar surface area (TPSA) is 65.7 Å². The van der Waals surface area contributed by atoms with E-state index in [1.54, 1.807) is 0 Å². The predicted octanol–water partition coefficient (Wildman–Crippen LogP) is 2.29. The maximum absolute atomic E-state index is 13.0. The first kappa shape index (κ1) is 13.1. The lowest BCUT2D eigenvalue weighted by Gasteiger charge is -2.08. The number of carbonyl (C=O) groups excluding carboxylic acids is 2. The molecule has 0 N–H and O–H groups in total. The molecule has 1 atom stereocenters. The van der Waals surface area contributed by atoms with Crippen molar-refractivity contribution in [2.45, 2.75) is 13.0 Å². The van der Waals surface area contributed by atoms with Crippen LogP contribution in [0.4, 0.5) is 4.39 Å². The third kappa shape index (κ3) is 2.73. The summed E-state index contributed by atoms with van der Waals surface area (Å²) in [6.07, 6.45) is -1.04. The number of hydrogen-bond acceptors (Lipinski definition) is 5. The van der Waals surface area contributed by atoms with E-state index in [2.05, 4.69) is 4.74 Å². The van der Waals surface area contributed by atoms with Crippen molar-refractivity contribution in [2.75, 3.05) is 7.11 Å². The van der Waals surface area contributed by atoms with Gasteiger partial charge in [-0.05, 0) is 31.2 Å². The van der Waals surface area contributed by atoms with E-state index in [0.717, 1.165) is 0 Å². The largest absolute Gasteiger partial charge is 0.466 e. The van der Waals surface area contributed by atoms with E-state index in [1.165, 1.54) is 38.3 Å². The first-order valence-electron chi connectivity index (χ1n) is 5.49. The summed E-state index contributed by atoms with van der Waals surface area (Å²) in [5, 5.41) is 0.442. The Morgan fingerprint density at radius 2 is 2.05 bits per heavy atom. The molecule has 0 unspecified atom stereocenters. The van der Waals surface area contributed by atoms with E-state index in [0.29, 0.717) is 11.0 Å². The minimum Gasteiger partial charge on any atom is -0.466 e. The van der Waals surface area contributed by atoms with Gasteiger partial charge in [-0.2, -0.15) is 0 Å². The van der Waals surface area contributed by atoms with E-state index in [9.17, 15) is 14.0 Å². The van der Waals surface area contributed by atoms with Crippen molar-refractivity contribution in [3.05, 3.63) is 35.8 Å². The molecule has 0 radical (unpaired) electrons. The van der Waals surface area contributed by atoms with Crippen LogP contribution in [0.1, 0.15) is 17.5 Å². The second kappa shape index (κ2) is 5.09. The van der Waals surface area contributed by atoms with E-state index in [1.807, 2.05) is 0 Å². The summed E-state index contributed by atoms with van der Waals surface area (Å²) in [4.78, 5) is 22.8. The molecule has 0 spiro atoms. The molecule has 19 heavy (non-hydrogen) atoms. The number of furan rings is 1. The summed E-state index contributed by atoms with van der Waals surface area (Å²) in [6.45, 7) is 1.38.